The van der Waals surface area contributed by atoms with Gasteiger partial charge in [-0.1, -0.05) is 48.0 Å². The number of hydrogen-bond donors (Lipinski definition) is 2. The summed E-state index contributed by atoms with van der Waals surface area (Å²) in [5, 5.41) is 6.16. The van der Waals surface area contributed by atoms with E-state index in [4.69, 9.17) is 4.74 Å². The number of benzene rings is 3. The van der Waals surface area contributed by atoms with E-state index in [1.165, 1.54) is 7.11 Å². The van der Waals surface area contributed by atoms with Gasteiger partial charge in [-0.2, -0.15) is 0 Å². The van der Waals surface area contributed by atoms with E-state index in [0.29, 0.717) is 28.6 Å². The molecule has 0 spiro atoms. The van der Waals surface area contributed by atoms with Gasteiger partial charge in [-0.3, -0.25) is 9.59 Å². The van der Waals surface area contributed by atoms with Gasteiger partial charge < -0.3 is 15.4 Å². The molecule has 182 valence electrons. The van der Waals surface area contributed by atoms with Gasteiger partial charge in [0.05, 0.1) is 18.4 Å². The van der Waals surface area contributed by atoms with Crippen molar-refractivity contribution in [3.8, 4) is 17.0 Å². The maximum Gasteiger partial charge on any atom is 0.224 e. The normalized spacial score (nSPS) is 10.5. The molecule has 1 aromatic heterocycles. The van der Waals surface area contributed by atoms with Crippen molar-refractivity contribution in [3.05, 3.63) is 95.8 Å². The van der Waals surface area contributed by atoms with Crippen LogP contribution in [0.15, 0.2) is 78.9 Å². The molecule has 36 heavy (non-hydrogen) atoms. The number of methoxy groups -OCH3 is 1. The van der Waals surface area contributed by atoms with Crippen molar-refractivity contribution in [2.75, 3.05) is 17.7 Å². The molecule has 0 unspecified atom stereocenters. The number of ether oxygens (including phenoxy) is 1. The van der Waals surface area contributed by atoms with Crippen LogP contribution in [0.2, 0.25) is 0 Å². The van der Waals surface area contributed by atoms with E-state index >= 15 is 0 Å². The van der Waals surface area contributed by atoms with Gasteiger partial charge in [0.25, 0.3) is 0 Å². The van der Waals surface area contributed by atoms with E-state index in [9.17, 15) is 9.59 Å². The Kier molecular flexibility index (Phi) is 7.70. The lowest BCUT2D eigenvalue weighted by molar-refractivity contribution is -0.116. The molecule has 0 aliphatic rings. The second-order valence-corrected chi connectivity index (χ2v) is 8.43. The van der Waals surface area contributed by atoms with Crippen molar-refractivity contribution in [2.24, 2.45) is 0 Å². The van der Waals surface area contributed by atoms with Crippen LogP contribution < -0.4 is 15.4 Å². The molecule has 0 fully saturated rings. The first-order valence-electron chi connectivity index (χ1n) is 11.7. The minimum Gasteiger partial charge on any atom is -0.496 e. The topological polar surface area (TPSA) is 93.2 Å². The van der Waals surface area contributed by atoms with Crippen LogP contribution >= 0.6 is 0 Å². The van der Waals surface area contributed by atoms with Gasteiger partial charge in [-0.15, -0.1) is 0 Å². The van der Waals surface area contributed by atoms with Gasteiger partial charge in [-0.25, -0.2) is 9.97 Å². The molecule has 0 bridgehead atoms. The lowest BCUT2D eigenvalue weighted by Crippen LogP contribution is -2.14. The second kappa shape index (κ2) is 11.3. The molecule has 0 aliphatic heterocycles. The Balaban J connectivity index is 1.39. The molecule has 1 amide bonds. The average molecular weight is 481 g/mol. The molecule has 0 radical (unpaired) electrons. The molecule has 0 atom stereocenters. The maximum atomic E-state index is 12.7. The quantitative estimate of drug-likeness (QED) is 0.281. The van der Waals surface area contributed by atoms with Crippen molar-refractivity contribution in [1.82, 2.24) is 9.97 Å². The lowest BCUT2D eigenvalue weighted by atomic mass is 10.0. The molecule has 2 N–H and O–H groups in total. The Hall–Kier alpha value is -4.52. The number of rotatable bonds is 9. The molecule has 4 rings (SSSR count). The highest BCUT2D eigenvalue weighted by Crippen LogP contribution is 2.24. The predicted molar refractivity (Wildman–Crippen MR) is 142 cm³/mol. The summed E-state index contributed by atoms with van der Waals surface area (Å²) in [5.41, 5.74) is 4.68. The van der Waals surface area contributed by atoms with E-state index < -0.39 is 0 Å². The summed E-state index contributed by atoms with van der Waals surface area (Å²) in [6, 6.07) is 24.6. The molecular formula is C29H28N4O3. The van der Waals surface area contributed by atoms with E-state index in [1.54, 1.807) is 18.2 Å². The van der Waals surface area contributed by atoms with E-state index in [1.807, 2.05) is 74.5 Å². The van der Waals surface area contributed by atoms with Crippen LogP contribution in [0.25, 0.3) is 11.3 Å². The summed E-state index contributed by atoms with van der Waals surface area (Å²) in [6.07, 6.45) is 0.158. The number of Topliss-reactive ketones (excluding diaryl/α,β-unsaturated/α-hetero) is 1. The minimum atomic E-state index is -0.239. The summed E-state index contributed by atoms with van der Waals surface area (Å²) in [4.78, 5) is 34.2. The number of anilines is 3. The molecular weight excluding hydrogens is 452 g/mol. The van der Waals surface area contributed by atoms with Gasteiger partial charge in [-0.05, 0) is 44.2 Å². The highest BCUT2D eigenvalue weighted by Gasteiger charge is 2.15. The first kappa shape index (κ1) is 24.6. The van der Waals surface area contributed by atoms with Crippen LogP contribution in [0.3, 0.4) is 0 Å². The van der Waals surface area contributed by atoms with Crippen LogP contribution in [0, 0.1) is 13.8 Å². The third-order valence-corrected chi connectivity index (χ3v) is 5.56. The minimum absolute atomic E-state index is 0.0686. The highest BCUT2D eigenvalue weighted by atomic mass is 16.5. The van der Waals surface area contributed by atoms with Crippen LogP contribution in [-0.4, -0.2) is 28.8 Å². The average Bonchev–Trinajstić information content (AvgIpc) is 2.87. The number of nitrogens with one attached hydrogen (secondary N) is 2. The van der Waals surface area contributed by atoms with Gasteiger partial charge in [0.2, 0.25) is 5.91 Å². The van der Waals surface area contributed by atoms with Crippen LogP contribution in [0.1, 0.15) is 34.6 Å². The number of ketones is 1. The zero-order valence-corrected chi connectivity index (χ0v) is 20.5. The van der Waals surface area contributed by atoms with Crippen molar-refractivity contribution in [1.29, 1.82) is 0 Å². The molecule has 4 aromatic rings. The third-order valence-electron chi connectivity index (χ3n) is 5.56. The van der Waals surface area contributed by atoms with E-state index in [-0.39, 0.29) is 24.5 Å². The van der Waals surface area contributed by atoms with Gasteiger partial charge in [0, 0.05) is 35.8 Å². The Morgan fingerprint density at radius 1 is 0.833 bits per heavy atom. The first-order valence-corrected chi connectivity index (χ1v) is 11.7. The SMILES string of the molecule is COc1ccc(C)cc1C(=O)CCC(=O)Nc1cccc(Nc2cc(-c3ccccc3)nc(C)n2)c1. The summed E-state index contributed by atoms with van der Waals surface area (Å²) in [6.45, 7) is 3.76. The summed E-state index contributed by atoms with van der Waals surface area (Å²) >= 11 is 0. The largest absolute Gasteiger partial charge is 0.496 e. The monoisotopic (exact) mass is 480 g/mol. The number of aromatic nitrogens is 2. The molecule has 3 aromatic carbocycles. The molecule has 0 saturated heterocycles. The van der Waals surface area contributed by atoms with E-state index in [2.05, 4.69) is 20.6 Å². The lowest BCUT2D eigenvalue weighted by Gasteiger charge is -2.11. The maximum absolute atomic E-state index is 12.7. The second-order valence-electron chi connectivity index (χ2n) is 8.43. The van der Waals surface area contributed by atoms with Crippen LogP contribution in [-0.2, 0) is 4.79 Å². The fourth-order valence-electron chi connectivity index (χ4n) is 3.84. The Morgan fingerprint density at radius 2 is 1.61 bits per heavy atom. The Morgan fingerprint density at radius 3 is 2.39 bits per heavy atom. The smallest absolute Gasteiger partial charge is 0.224 e. The zero-order valence-electron chi connectivity index (χ0n) is 20.5. The highest BCUT2D eigenvalue weighted by molar-refractivity contribution is 6.02. The fourth-order valence-corrected chi connectivity index (χ4v) is 3.84. The number of hydrogen-bond acceptors (Lipinski definition) is 6. The number of carbonyl (C=O) groups is 2. The number of amides is 1. The van der Waals surface area contributed by atoms with Gasteiger partial charge in [0.15, 0.2) is 5.78 Å². The van der Waals surface area contributed by atoms with Gasteiger partial charge >= 0.3 is 0 Å². The molecule has 7 nitrogen and oxygen atoms in total. The summed E-state index contributed by atoms with van der Waals surface area (Å²) in [5.74, 6) is 1.45. The number of carbonyl (C=O) groups excluding carboxylic acids is 2. The van der Waals surface area contributed by atoms with Crippen molar-refractivity contribution in [2.45, 2.75) is 26.7 Å². The summed E-state index contributed by atoms with van der Waals surface area (Å²) in [7, 11) is 1.53. The van der Waals surface area contributed by atoms with Gasteiger partial charge in [0.1, 0.15) is 17.4 Å². The molecule has 0 saturated carbocycles. The Labute approximate surface area is 210 Å². The molecule has 0 aliphatic carbocycles. The van der Waals surface area contributed by atoms with E-state index in [0.717, 1.165) is 22.5 Å². The van der Waals surface area contributed by atoms with Crippen LogP contribution in [0.5, 0.6) is 5.75 Å². The fraction of sp³-hybridized carbons (Fsp3) is 0.172. The van der Waals surface area contributed by atoms with Crippen molar-refractivity contribution in [3.63, 3.8) is 0 Å². The standard InChI is InChI=1S/C29H28N4O3/c1-19-12-14-27(36-3)24(16-19)26(34)13-15-29(35)33-23-11-7-10-22(17-23)32-28-18-25(30-20(2)31-28)21-8-5-4-6-9-21/h4-12,14,16-18H,13,15H2,1-3H3,(H,33,35)(H,30,31,32). The first-order chi connectivity index (χ1) is 17.4. The van der Waals surface area contributed by atoms with Crippen molar-refractivity contribution < 1.29 is 14.3 Å². The third kappa shape index (κ3) is 6.33. The summed E-state index contributed by atoms with van der Waals surface area (Å²) < 4.78 is 5.29. The van der Waals surface area contributed by atoms with Crippen LogP contribution in [0.4, 0.5) is 17.2 Å². The Bertz CT molecular complexity index is 1390. The molecule has 1 heterocycles. The number of nitrogens with zero attached hydrogens (tertiary/aromatic N) is 2. The van der Waals surface area contributed by atoms with Crippen molar-refractivity contribution >= 4 is 28.9 Å². The molecule has 7 heteroatoms. The predicted octanol–water partition coefficient (Wildman–Crippen LogP) is 6.11. The zero-order chi connectivity index (χ0) is 25.5. The number of aryl methyl sites for hydroxylation is 2.